The van der Waals surface area contributed by atoms with Crippen LogP contribution in [0.1, 0.15) is 62.6 Å². The molecule has 1 aliphatic carbocycles. The van der Waals surface area contributed by atoms with Crippen molar-refractivity contribution in [3.05, 3.63) is 29.3 Å². The number of hydrogen-bond acceptors (Lipinski definition) is 2. The normalized spacial score (nSPS) is 28.9. The number of hydrogen-bond donors (Lipinski definition) is 1. The van der Waals surface area contributed by atoms with Gasteiger partial charge in [-0.15, -0.1) is 0 Å². The Labute approximate surface area is 122 Å². The van der Waals surface area contributed by atoms with E-state index in [0.29, 0.717) is 11.8 Å². The molecule has 3 rings (SSSR count). The summed E-state index contributed by atoms with van der Waals surface area (Å²) in [4.78, 5) is 2.67. The monoisotopic (exact) mass is 273 g/mol. The van der Waals surface area contributed by atoms with Crippen molar-refractivity contribution in [3.63, 3.8) is 0 Å². The highest BCUT2D eigenvalue weighted by Crippen LogP contribution is 2.40. The summed E-state index contributed by atoms with van der Waals surface area (Å²) in [5, 5.41) is 10.2. The van der Waals surface area contributed by atoms with E-state index in [9.17, 15) is 5.11 Å². The van der Waals surface area contributed by atoms with Crippen molar-refractivity contribution in [2.45, 2.75) is 64.5 Å². The van der Waals surface area contributed by atoms with Gasteiger partial charge in [-0.05, 0) is 58.1 Å². The molecule has 1 aliphatic heterocycles. The van der Waals surface area contributed by atoms with Gasteiger partial charge in [0.1, 0.15) is 5.75 Å². The van der Waals surface area contributed by atoms with Crippen molar-refractivity contribution in [1.29, 1.82) is 0 Å². The number of likely N-dealkylation sites (tertiary alicyclic amines) is 1. The maximum Gasteiger partial charge on any atom is 0.120 e. The molecule has 0 bridgehead atoms. The molecule has 1 N–H and O–H groups in total. The second kappa shape index (κ2) is 5.77. The average Bonchev–Trinajstić information content (AvgIpc) is 2.48. The average molecular weight is 273 g/mol. The first kappa shape index (κ1) is 13.9. The van der Waals surface area contributed by atoms with E-state index in [1.807, 2.05) is 12.1 Å². The molecule has 3 atom stereocenters. The summed E-state index contributed by atoms with van der Waals surface area (Å²) in [5.41, 5.74) is 2.35. The number of phenolic OH excluding ortho intramolecular Hbond substituents is 1. The van der Waals surface area contributed by atoms with Crippen molar-refractivity contribution >= 4 is 0 Å². The first-order chi connectivity index (χ1) is 9.66. The fraction of sp³-hybridized carbons (Fsp3) is 0.667. The van der Waals surface area contributed by atoms with Gasteiger partial charge in [0.2, 0.25) is 0 Å². The van der Waals surface area contributed by atoms with Gasteiger partial charge in [0.05, 0.1) is 0 Å². The van der Waals surface area contributed by atoms with Crippen LogP contribution in [0.2, 0.25) is 0 Å². The van der Waals surface area contributed by atoms with E-state index in [1.54, 1.807) is 0 Å². The lowest BCUT2D eigenvalue weighted by atomic mass is 9.77. The van der Waals surface area contributed by atoms with E-state index in [-0.39, 0.29) is 0 Å². The van der Waals surface area contributed by atoms with Crippen LogP contribution in [-0.4, -0.2) is 22.6 Å². The Morgan fingerprint density at radius 1 is 1.15 bits per heavy atom. The largest absolute Gasteiger partial charge is 0.508 e. The third kappa shape index (κ3) is 2.58. The van der Waals surface area contributed by atoms with E-state index in [2.05, 4.69) is 24.8 Å². The second-order valence-corrected chi connectivity index (χ2v) is 6.73. The summed E-state index contributed by atoms with van der Waals surface area (Å²) in [6.45, 7) is 5.57. The van der Waals surface area contributed by atoms with Crippen molar-refractivity contribution in [3.8, 4) is 5.75 Å². The molecule has 0 spiro atoms. The molecule has 1 aromatic rings. The molecular weight excluding hydrogens is 246 g/mol. The topological polar surface area (TPSA) is 23.5 Å². The molecule has 1 aromatic carbocycles. The molecular formula is C18H27NO. The number of nitrogens with zero attached hydrogens (tertiary/aromatic N) is 1. The van der Waals surface area contributed by atoms with Gasteiger partial charge in [-0.2, -0.15) is 0 Å². The Bertz CT molecular complexity index is 468. The van der Waals surface area contributed by atoms with Crippen molar-refractivity contribution in [2.75, 3.05) is 6.54 Å². The van der Waals surface area contributed by atoms with Crippen molar-refractivity contribution in [2.24, 2.45) is 5.92 Å². The number of aromatic hydroxyl groups is 1. The summed E-state index contributed by atoms with van der Waals surface area (Å²) in [5.74, 6) is 1.35. The molecule has 2 nitrogen and oxygen atoms in total. The van der Waals surface area contributed by atoms with E-state index in [1.165, 1.54) is 50.6 Å². The minimum Gasteiger partial charge on any atom is -0.508 e. The Balaban J connectivity index is 1.84. The number of fused-ring (bicyclic) bond motifs is 1. The van der Waals surface area contributed by atoms with Gasteiger partial charge in [-0.3, -0.25) is 4.90 Å². The van der Waals surface area contributed by atoms with Gasteiger partial charge in [0.25, 0.3) is 0 Å². The molecule has 0 amide bonds. The van der Waals surface area contributed by atoms with Gasteiger partial charge in [-0.1, -0.05) is 30.5 Å². The minimum absolute atomic E-state index is 0.334. The maximum atomic E-state index is 10.2. The summed E-state index contributed by atoms with van der Waals surface area (Å²) in [6, 6.07) is 7.08. The van der Waals surface area contributed by atoms with Crippen LogP contribution in [0.5, 0.6) is 5.75 Å². The van der Waals surface area contributed by atoms with Crippen LogP contribution in [0, 0.1) is 12.8 Å². The van der Waals surface area contributed by atoms with Gasteiger partial charge in [0.15, 0.2) is 0 Å². The zero-order valence-corrected chi connectivity index (χ0v) is 12.8. The van der Waals surface area contributed by atoms with Crippen LogP contribution in [-0.2, 0) is 0 Å². The summed E-state index contributed by atoms with van der Waals surface area (Å²) < 4.78 is 0. The molecule has 1 saturated carbocycles. The van der Waals surface area contributed by atoms with E-state index in [4.69, 9.17) is 0 Å². The number of aryl methyl sites for hydroxylation is 1. The first-order valence-electron chi connectivity index (χ1n) is 8.22. The highest BCUT2D eigenvalue weighted by molar-refractivity contribution is 5.38. The van der Waals surface area contributed by atoms with Crippen LogP contribution in [0.15, 0.2) is 18.2 Å². The molecule has 110 valence electrons. The molecule has 2 fully saturated rings. The van der Waals surface area contributed by atoms with E-state index >= 15 is 0 Å². The van der Waals surface area contributed by atoms with E-state index in [0.717, 1.165) is 17.5 Å². The van der Waals surface area contributed by atoms with E-state index < -0.39 is 0 Å². The molecule has 1 saturated heterocycles. The van der Waals surface area contributed by atoms with Crippen LogP contribution in [0.4, 0.5) is 0 Å². The maximum absolute atomic E-state index is 10.2. The predicted molar refractivity (Wildman–Crippen MR) is 82.9 cm³/mol. The first-order valence-corrected chi connectivity index (χ1v) is 8.22. The minimum atomic E-state index is 0.334. The fourth-order valence-corrected chi connectivity index (χ4v) is 4.33. The third-order valence-corrected chi connectivity index (χ3v) is 5.42. The van der Waals surface area contributed by atoms with Crippen LogP contribution in [0.3, 0.4) is 0 Å². The van der Waals surface area contributed by atoms with Gasteiger partial charge in [0, 0.05) is 17.6 Å². The third-order valence-electron chi connectivity index (χ3n) is 5.42. The zero-order valence-electron chi connectivity index (χ0n) is 12.8. The number of phenols is 1. The van der Waals surface area contributed by atoms with Crippen LogP contribution in [0.25, 0.3) is 0 Å². The molecule has 0 radical (unpaired) electrons. The Morgan fingerprint density at radius 2 is 1.90 bits per heavy atom. The SMILES string of the molecule is Cc1ccc(O)c(C(C)N2CCC[C@H]3CCCC[C@H]32)c1. The highest BCUT2D eigenvalue weighted by atomic mass is 16.3. The predicted octanol–water partition coefficient (Wildman–Crippen LogP) is 4.42. The number of benzene rings is 1. The summed E-state index contributed by atoms with van der Waals surface area (Å²) in [7, 11) is 0. The Morgan fingerprint density at radius 3 is 2.75 bits per heavy atom. The molecule has 1 heterocycles. The Kier molecular flexibility index (Phi) is 4.02. The zero-order chi connectivity index (χ0) is 14.1. The number of piperidine rings is 1. The fourth-order valence-electron chi connectivity index (χ4n) is 4.33. The van der Waals surface area contributed by atoms with Crippen LogP contribution < -0.4 is 0 Å². The summed E-state index contributed by atoms with van der Waals surface area (Å²) >= 11 is 0. The Hall–Kier alpha value is -1.02. The lowest BCUT2D eigenvalue weighted by Crippen LogP contribution is -2.47. The van der Waals surface area contributed by atoms with Gasteiger partial charge < -0.3 is 5.11 Å². The lowest BCUT2D eigenvalue weighted by Gasteiger charge is -2.47. The van der Waals surface area contributed by atoms with Crippen molar-refractivity contribution in [1.82, 2.24) is 4.90 Å². The smallest absolute Gasteiger partial charge is 0.120 e. The van der Waals surface area contributed by atoms with Crippen LogP contribution >= 0.6 is 0 Å². The molecule has 1 unspecified atom stereocenters. The highest BCUT2D eigenvalue weighted by Gasteiger charge is 2.36. The number of rotatable bonds is 2. The standard InChI is InChI=1S/C18H27NO/c1-13-9-10-18(20)16(12-13)14(2)19-11-5-7-15-6-3-4-8-17(15)19/h9-10,12,14-15,17,20H,3-8,11H2,1-2H3/t14?,15-,17-/m1/s1. The second-order valence-electron chi connectivity index (χ2n) is 6.73. The van der Waals surface area contributed by atoms with Crippen molar-refractivity contribution < 1.29 is 5.11 Å². The summed E-state index contributed by atoms with van der Waals surface area (Å²) in [6.07, 6.45) is 8.28. The lowest BCUT2D eigenvalue weighted by molar-refractivity contribution is 0.0301. The molecule has 20 heavy (non-hydrogen) atoms. The molecule has 0 aromatic heterocycles. The van der Waals surface area contributed by atoms with Gasteiger partial charge in [-0.25, -0.2) is 0 Å². The quantitative estimate of drug-likeness (QED) is 0.862. The molecule has 2 heteroatoms. The van der Waals surface area contributed by atoms with Gasteiger partial charge >= 0.3 is 0 Å². The molecule has 2 aliphatic rings.